The van der Waals surface area contributed by atoms with E-state index in [2.05, 4.69) is 10.3 Å². The molecule has 0 aromatic carbocycles. The zero-order chi connectivity index (χ0) is 10.1. The second-order valence-electron chi connectivity index (χ2n) is 3.77. The minimum absolute atomic E-state index is 0.125. The van der Waals surface area contributed by atoms with Crippen LogP contribution in [-0.4, -0.2) is 23.2 Å². The molecule has 14 heavy (non-hydrogen) atoms. The summed E-state index contributed by atoms with van der Waals surface area (Å²) in [7, 11) is 0. The predicted octanol–water partition coefficient (Wildman–Crippen LogP) is 0.466. The number of aromatic nitrogens is 1. The van der Waals surface area contributed by atoms with E-state index in [4.69, 9.17) is 0 Å². The van der Waals surface area contributed by atoms with Crippen LogP contribution in [0.25, 0.3) is 0 Å². The highest BCUT2D eigenvalue weighted by Crippen LogP contribution is 2.26. The first-order chi connectivity index (χ1) is 6.68. The lowest BCUT2D eigenvalue weighted by atomic mass is 9.99. The predicted molar refractivity (Wildman–Crippen MR) is 53.7 cm³/mol. The number of aromatic amines is 1. The highest BCUT2D eigenvalue weighted by molar-refractivity contribution is 5.35. The van der Waals surface area contributed by atoms with Gasteiger partial charge in [0.1, 0.15) is 5.75 Å². The van der Waals surface area contributed by atoms with E-state index < -0.39 is 0 Å². The first-order valence-corrected chi connectivity index (χ1v) is 4.82. The summed E-state index contributed by atoms with van der Waals surface area (Å²) in [6.45, 7) is 3.45. The van der Waals surface area contributed by atoms with Crippen molar-refractivity contribution < 1.29 is 5.11 Å². The molecule has 1 saturated heterocycles. The van der Waals surface area contributed by atoms with Crippen molar-refractivity contribution in [3.8, 4) is 5.75 Å². The minimum Gasteiger partial charge on any atom is -0.507 e. The quantitative estimate of drug-likeness (QED) is 0.608. The lowest BCUT2D eigenvalue weighted by Gasteiger charge is -2.09. The molecule has 3 N–H and O–H groups in total. The molecule has 1 aliphatic rings. The monoisotopic (exact) mass is 194 g/mol. The fourth-order valence-electron chi connectivity index (χ4n) is 1.98. The molecule has 0 saturated carbocycles. The van der Waals surface area contributed by atoms with Gasteiger partial charge in [-0.1, -0.05) is 0 Å². The molecule has 2 heterocycles. The molecule has 76 valence electrons. The van der Waals surface area contributed by atoms with E-state index in [-0.39, 0.29) is 17.2 Å². The second kappa shape index (κ2) is 3.46. The molecule has 0 radical (unpaired) electrons. The molecule has 1 atom stereocenters. The molecule has 1 aromatic heterocycles. The van der Waals surface area contributed by atoms with Gasteiger partial charge in [0, 0.05) is 18.2 Å². The van der Waals surface area contributed by atoms with E-state index in [9.17, 15) is 9.90 Å². The lowest BCUT2D eigenvalue weighted by molar-refractivity contribution is 0.459. The van der Waals surface area contributed by atoms with E-state index in [0.717, 1.165) is 19.5 Å². The first kappa shape index (κ1) is 9.27. The van der Waals surface area contributed by atoms with Crippen LogP contribution in [0, 0.1) is 6.92 Å². The summed E-state index contributed by atoms with van der Waals surface area (Å²) >= 11 is 0. The van der Waals surface area contributed by atoms with E-state index >= 15 is 0 Å². The number of hydrogen-bond acceptors (Lipinski definition) is 3. The van der Waals surface area contributed by atoms with Crippen LogP contribution in [0.3, 0.4) is 0 Å². The summed E-state index contributed by atoms with van der Waals surface area (Å²) in [6, 6.07) is 1.61. The Balaban J connectivity index is 2.46. The van der Waals surface area contributed by atoms with Crippen LogP contribution < -0.4 is 10.9 Å². The summed E-state index contributed by atoms with van der Waals surface area (Å²) < 4.78 is 0. The van der Waals surface area contributed by atoms with Gasteiger partial charge < -0.3 is 15.4 Å². The van der Waals surface area contributed by atoms with Crippen LogP contribution >= 0.6 is 0 Å². The number of aromatic hydroxyl groups is 1. The van der Waals surface area contributed by atoms with E-state index in [1.54, 1.807) is 13.0 Å². The molecular weight excluding hydrogens is 180 g/mol. The van der Waals surface area contributed by atoms with Crippen LogP contribution in [0.15, 0.2) is 10.9 Å². The van der Waals surface area contributed by atoms with Crippen molar-refractivity contribution in [2.24, 2.45) is 0 Å². The lowest BCUT2D eigenvalue weighted by Crippen LogP contribution is -2.19. The van der Waals surface area contributed by atoms with Crippen molar-refractivity contribution in [1.29, 1.82) is 0 Å². The van der Waals surface area contributed by atoms with Gasteiger partial charge in [-0.05, 0) is 26.0 Å². The Bertz CT molecular complexity index is 392. The van der Waals surface area contributed by atoms with Crippen LogP contribution in [-0.2, 0) is 0 Å². The minimum atomic E-state index is -0.156. The Kier molecular flexibility index (Phi) is 2.29. The smallest absolute Gasteiger partial charge is 0.255 e. The van der Waals surface area contributed by atoms with Crippen LogP contribution in [0.2, 0.25) is 0 Å². The fourth-order valence-corrected chi connectivity index (χ4v) is 1.98. The zero-order valence-corrected chi connectivity index (χ0v) is 8.13. The van der Waals surface area contributed by atoms with Gasteiger partial charge in [-0.15, -0.1) is 0 Å². The van der Waals surface area contributed by atoms with Crippen LogP contribution in [0.1, 0.15) is 23.6 Å². The van der Waals surface area contributed by atoms with E-state index in [1.807, 2.05) is 0 Å². The maximum atomic E-state index is 11.6. The average molecular weight is 194 g/mol. The van der Waals surface area contributed by atoms with E-state index in [0.29, 0.717) is 11.3 Å². The maximum Gasteiger partial charge on any atom is 0.255 e. The highest BCUT2D eigenvalue weighted by atomic mass is 16.3. The molecule has 4 nitrogen and oxygen atoms in total. The normalized spacial score (nSPS) is 21.4. The summed E-state index contributed by atoms with van der Waals surface area (Å²) in [5, 5.41) is 12.9. The van der Waals surface area contributed by atoms with Gasteiger partial charge in [0.25, 0.3) is 5.56 Å². The summed E-state index contributed by atoms with van der Waals surface area (Å²) in [4.78, 5) is 14.3. The summed E-state index contributed by atoms with van der Waals surface area (Å²) in [6.07, 6.45) is 0.916. The molecule has 1 aromatic rings. The third-order valence-electron chi connectivity index (χ3n) is 2.65. The molecule has 1 fully saturated rings. The van der Waals surface area contributed by atoms with Crippen molar-refractivity contribution >= 4 is 0 Å². The number of aryl methyl sites for hydroxylation is 1. The van der Waals surface area contributed by atoms with E-state index in [1.165, 1.54) is 0 Å². The van der Waals surface area contributed by atoms with Crippen molar-refractivity contribution in [3.05, 3.63) is 27.7 Å². The molecular formula is C10H14N2O2. The van der Waals surface area contributed by atoms with Gasteiger partial charge in [-0.3, -0.25) is 4.79 Å². The van der Waals surface area contributed by atoms with Crippen molar-refractivity contribution in [3.63, 3.8) is 0 Å². The van der Waals surface area contributed by atoms with Crippen molar-refractivity contribution in [1.82, 2.24) is 10.3 Å². The largest absolute Gasteiger partial charge is 0.507 e. The van der Waals surface area contributed by atoms with Gasteiger partial charge in [0.2, 0.25) is 0 Å². The summed E-state index contributed by atoms with van der Waals surface area (Å²) in [5.74, 6) is 0.277. The van der Waals surface area contributed by atoms with Crippen molar-refractivity contribution in [2.75, 3.05) is 13.1 Å². The molecule has 0 aliphatic carbocycles. The van der Waals surface area contributed by atoms with Gasteiger partial charge in [-0.25, -0.2) is 0 Å². The molecule has 0 amide bonds. The average Bonchev–Trinajstić information content (AvgIpc) is 2.54. The highest BCUT2D eigenvalue weighted by Gasteiger charge is 2.22. The Labute approximate surface area is 82.0 Å². The topological polar surface area (TPSA) is 65.1 Å². The number of H-pyrrole nitrogens is 1. The Hall–Kier alpha value is -1.29. The molecule has 4 heteroatoms. The number of pyridine rings is 1. The molecule has 1 aliphatic heterocycles. The first-order valence-electron chi connectivity index (χ1n) is 4.82. The molecule has 1 unspecified atom stereocenters. The number of nitrogens with one attached hydrogen (secondary N) is 2. The van der Waals surface area contributed by atoms with Gasteiger partial charge in [0.15, 0.2) is 0 Å². The Morgan fingerprint density at radius 3 is 2.93 bits per heavy atom. The van der Waals surface area contributed by atoms with Crippen LogP contribution in [0.4, 0.5) is 0 Å². The number of rotatable bonds is 1. The molecule has 2 rings (SSSR count). The number of hydrogen-bond donors (Lipinski definition) is 3. The standard InChI is InChI=1S/C10H14N2O2/c1-6-4-8(13)9(10(14)12-6)7-2-3-11-5-7/h4,7,11H,2-3,5H2,1H3,(H2,12,13,14). The molecule has 0 spiro atoms. The van der Waals surface area contributed by atoms with Crippen molar-refractivity contribution in [2.45, 2.75) is 19.3 Å². The Morgan fingerprint density at radius 1 is 1.57 bits per heavy atom. The van der Waals surface area contributed by atoms with Gasteiger partial charge in [0.05, 0.1) is 5.56 Å². The summed E-state index contributed by atoms with van der Waals surface area (Å²) in [5.41, 5.74) is 1.07. The van der Waals surface area contributed by atoms with Gasteiger partial charge in [-0.2, -0.15) is 0 Å². The maximum absolute atomic E-state index is 11.6. The van der Waals surface area contributed by atoms with Gasteiger partial charge >= 0.3 is 0 Å². The third kappa shape index (κ3) is 1.53. The SMILES string of the molecule is Cc1cc(O)c(C2CCNC2)c(=O)[nH]1. The zero-order valence-electron chi connectivity index (χ0n) is 8.13. The third-order valence-corrected chi connectivity index (χ3v) is 2.65. The second-order valence-corrected chi connectivity index (χ2v) is 3.77. The Morgan fingerprint density at radius 2 is 2.36 bits per heavy atom. The molecule has 0 bridgehead atoms. The fraction of sp³-hybridized carbons (Fsp3) is 0.500. The van der Waals surface area contributed by atoms with Crippen LogP contribution in [0.5, 0.6) is 5.75 Å².